The summed E-state index contributed by atoms with van der Waals surface area (Å²) in [6.45, 7) is 2.92. The van der Waals surface area contributed by atoms with Gasteiger partial charge >= 0.3 is 12.3 Å². The third kappa shape index (κ3) is 7.67. The van der Waals surface area contributed by atoms with Gasteiger partial charge in [-0.3, -0.25) is 14.5 Å². The van der Waals surface area contributed by atoms with Crippen LogP contribution in [0.15, 0.2) is 36.2 Å². The van der Waals surface area contributed by atoms with Crippen molar-refractivity contribution in [3.8, 4) is 0 Å². The summed E-state index contributed by atoms with van der Waals surface area (Å²) in [6.07, 6.45) is 0.823. The Hall–Kier alpha value is -3.28. The predicted molar refractivity (Wildman–Crippen MR) is 139 cm³/mol. The zero-order valence-corrected chi connectivity index (χ0v) is 22.7. The standard InChI is InChI=1S/C28H37F3N4O5/c1-39-24(32)14-23(36)15-33-25(37)21-6-2-20(3-7-21)17-35-18-27(40-26(35)38)10-12-34(13-11-27)16-19-4-8-22(9-5-19)28(29,30)31/h4-5,8-9,14,20-21H,2-3,6-7,10-13,15-18,32H2,1H3,(H,33,37). The Bertz CT molecular complexity index is 1090. The fourth-order valence-electron chi connectivity index (χ4n) is 5.78. The van der Waals surface area contributed by atoms with Crippen molar-refractivity contribution in [3.05, 3.63) is 47.4 Å². The van der Waals surface area contributed by atoms with Crippen molar-refractivity contribution in [1.82, 2.24) is 15.1 Å². The van der Waals surface area contributed by atoms with Crippen LogP contribution < -0.4 is 11.1 Å². The van der Waals surface area contributed by atoms with Crippen LogP contribution in [0.25, 0.3) is 0 Å². The van der Waals surface area contributed by atoms with E-state index in [0.717, 1.165) is 36.6 Å². The summed E-state index contributed by atoms with van der Waals surface area (Å²) in [5, 5.41) is 2.66. The number of likely N-dealkylation sites (tertiary alicyclic amines) is 1. The number of hydrogen-bond acceptors (Lipinski definition) is 7. The molecule has 3 fully saturated rings. The Morgan fingerprint density at radius 2 is 1.80 bits per heavy atom. The van der Waals surface area contributed by atoms with Gasteiger partial charge in [0.05, 0.1) is 25.8 Å². The molecule has 2 amide bonds. The molecular formula is C28H37F3N4O5. The van der Waals surface area contributed by atoms with Gasteiger partial charge in [-0.15, -0.1) is 0 Å². The molecule has 4 rings (SSSR count). The van der Waals surface area contributed by atoms with Crippen molar-refractivity contribution in [1.29, 1.82) is 0 Å². The Morgan fingerprint density at radius 3 is 2.40 bits per heavy atom. The molecule has 1 aliphatic carbocycles. The first kappa shape index (κ1) is 29.7. The molecule has 1 aromatic rings. The fraction of sp³-hybridized carbons (Fsp3) is 0.607. The molecule has 2 heterocycles. The number of ether oxygens (including phenoxy) is 2. The summed E-state index contributed by atoms with van der Waals surface area (Å²) >= 11 is 0. The minimum absolute atomic E-state index is 0.00863. The lowest BCUT2D eigenvalue weighted by Gasteiger charge is -2.37. The average Bonchev–Trinajstić information content (AvgIpc) is 3.22. The largest absolute Gasteiger partial charge is 0.483 e. The van der Waals surface area contributed by atoms with E-state index in [0.29, 0.717) is 58.4 Å². The van der Waals surface area contributed by atoms with Crippen LogP contribution in [0.3, 0.4) is 0 Å². The number of halogens is 3. The summed E-state index contributed by atoms with van der Waals surface area (Å²) < 4.78 is 49.0. The molecule has 0 bridgehead atoms. The molecule has 0 unspecified atom stereocenters. The van der Waals surface area contributed by atoms with E-state index >= 15 is 0 Å². The van der Waals surface area contributed by atoms with Crippen LogP contribution in [0.4, 0.5) is 18.0 Å². The van der Waals surface area contributed by atoms with Crippen molar-refractivity contribution < 1.29 is 37.0 Å². The summed E-state index contributed by atoms with van der Waals surface area (Å²) in [5.74, 6) is -0.394. The molecule has 2 saturated heterocycles. The van der Waals surface area contributed by atoms with Crippen molar-refractivity contribution in [2.75, 3.05) is 39.8 Å². The van der Waals surface area contributed by atoms with E-state index in [4.69, 9.17) is 15.2 Å². The Morgan fingerprint density at radius 1 is 1.15 bits per heavy atom. The van der Waals surface area contributed by atoms with E-state index in [1.54, 1.807) is 4.90 Å². The quantitative estimate of drug-likeness (QED) is 0.348. The Labute approximate surface area is 231 Å². The monoisotopic (exact) mass is 566 g/mol. The molecule has 1 aromatic carbocycles. The van der Waals surface area contributed by atoms with Gasteiger partial charge in [0.15, 0.2) is 11.7 Å². The molecule has 0 aromatic heterocycles. The van der Waals surface area contributed by atoms with Gasteiger partial charge in [-0.1, -0.05) is 12.1 Å². The van der Waals surface area contributed by atoms with Crippen LogP contribution in [0, 0.1) is 11.8 Å². The molecule has 9 nitrogen and oxygen atoms in total. The lowest BCUT2D eigenvalue weighted by molar-refractivity contribution is -0.137. The van der Waals surface area contributed by atoms with Gasteiger partial charge in [0.25, 0.3) is 0 Å². The van der Waals surface area contributed by atoms with Gasteiger partial charge in [0.1, 0.15) is 5.60 Å². The Kier molecular flexibility index (Phi) is 9.27. The molecule has 0 radical (unpaired) electrons. The number of ketones is 1. The highest BCUT2D eigenvalue weighted by atomic mass is 19.4. The summed E-state index contributed by atoms with van der Waals surface area (Å²) in [7, 11) is 1.36. The van der Waals surface area contributed by atoms with E-state index in [2.05, 4.69) is 10.2 Å². The number of hydrogen-bond donors (Lipinski definition) is 2. The van der Waals surface area contributed by atoms with Crippen LogP contribution in [-0.4, -0.2) is 73.0 Å². The minimum atomic E-state index is -4.35. The maximum atomic E-state index is 12.8. The summed E-state index contributed by atoms with van der Waals surface area (Å²) in [6, 6.07) is 5.24. The van der Waals surface area contributed by atoms with Gasteiger partial charge in [0.2, 0.25) is 5.91 Å². The molecule has 3 aliphatic rings. The number of amides is 2. The maximum Gasteiger partial charge on any atom is 0.416 e. The highest BCUT2D eigenvalue weighted by molar-refractivity contribution is 5.94. The molecule has 12 heteroatoms. The first-order chi connectivity index (χ1) is 19.0. The van der Waals surface area contributed by atoms with Gasteiger partial charge in [-0.2, -0.15) is 13.2 Å². The first-order valence-electron chi connectivity index (χ1n) is 13.6. The number of carbonyl (C=O) groups is 3. The molecule has 1 saturated carbocycles. The van der Waals surface area contributed by atoms with Crippen LogP contribution in [0.5, 0.6) is 0 Å². The van der Waals surface area contributed by atoms with Crippen LogP contribution in [-0.2, 0) is 31.8 Å². The van der Waals surface area contributed by atoms with E-state index in [1.807, 2.05) is 0 Å². The second-order valence-electron chi connectivity index (χ2n) is 11.1. The second-order valence-corrected chi connectivity index (χ2v) is 11.1. The van der Waals surface area contributed by atoms with E-state index < -0.39 is 17.3 Å². The van der Waals surface area contributed by atoms with Crippen molar-refractivity contribution in [3.63, 3.8) is 0 Å². The first-order valence-corrected chi connectivity index (χ1v) is 13.6. The number of rotatable bonds is 9. The molecule has 220 valence electrons. The SMILES string of the molecule is COC(N)=CC(=O)CNC(=O)C1CCC(CN2CC3(CCN(Cc4ccc(C(F)(F)F)cc4)CC3)OC2=O)CC1. The number of benzene rings is 1. The van der Waals surface area contributed by atoms with E-state index in [-0.39, 0.29) is 42.0 Å². The number of nitrogens with zero attached hydrogens (tertiary/aromatic N) is 2. The molecular weight excluding hydrogens is 529 g/mol. The van der Waals surface area contributed by atoms with Crippen LogP contribution >= 0.6 is 0 Å². The minimum Gasteiger partial charge on any atom is -0.483 e. The van der Waals surface area contributed by atoms with Gasteiger partial charge in [-0.05, 0) is 49.3 Å². The normalized spacial score (nSPS) is 23.6. The number of nitrogens with two attached hydrogens (primary N) is 1. The second kappa shape index (κ2) is 12.5. The van der Waals surface area contributed by atoms with Crippen LogP contribution in [0.2, 0.25) is 0 Å². The fourth-order valence-corrected chi connectivity index (χ4v) is 5.78. The Balaban J connectivity index is 1.18. The topological polar surface area (TPSA) is 114 Å². The lowest BCUT2D eigenvalue weighted by atomic mass is 9.81. The summed E-state index contributed by atoms with van der Waals surface area (Å²) in [4.78, 5) is 40.9. The highest BCUT2D eigenvalue weighted by Gasteiger charge is 2.47. The van der Waals surface area contributed by atoms with E-state index in [9.17, 15) is 27.6 Å². The van der Waals surface area contributed by atoms with Gasteiger partial charge in [-0.25, -0.2) is 4.79 Å². The maximum absolute atomic E-state index is 12.8. The number of piperidine rings is 1. The smallest absolute Gasteiger partial charge is 0.416 e. The molecule has 2 aliphatic heterocycles. The lowest BCUT2D eigenvalue weighted by Crippen LogP contribution is -2.47. The zero-order chi connectivity index (χ0) is 28.9. The average molecular weight is 567 g/mol. The van der Waals surface area contributed by atoms with Crippen molar-refractivity contribution >= 4 is 17.8 Å². The summed E-state index contributed by atoms with van der Waals surface area (Å²) in [5.41, 5.74) is 5.08. The molecule has 40 heavy (non-hydrogen) atoms. The number of methoxy groups -OCH3 is 1. The predicted octanol–water partition coefficient (Wildman–Crippen LogP) is 3.43. The zero-order valence-electron chi connectivity index (χ0n) is 22.7. The van der Waals surface area contributed by atoms with Gasteiger partial charge in [0, 0.05) is 51.0 Å². The van der Waals surface area contributed by atoms with Crippen LogP contribution in [0.1, 0.15) is 49.7 Å². The van der Waals surface area contributed by atoms with E-state index in [1.165, 1.54) is 19.2 Å². The van der Waals surface area contributed by atoms with Crippen molar-refractivity contribution in [2.24, 2.45) is 17.6 Å². The molecule has 0 atom stereocenters. The van der Waals surface area contributed by atoms with Crippen molar-refractivity contribution in [2.45, 2.75) is 56.8 Å². The molecule has 3 N–H and O–H groups in total. The highest BCUT2D eigenvalue weighted by Crippen LogP contribution is 2.36. The third-order valence-corrected chi connectivity index (χ3v) is 8.17. The third-order valence-electron chi connectivity index (χ3n) is 8.17. The van der Waals surface area contributed by atoms with Gasteiger partial charge < -0.3 is 25.4 Å². The number of nitrogens with one attached hydrogen (secondary N) is 1. The number of carbonyl (C=O) groups excluding carboxylic acids is 3. The number of alkyl halides is 3. The molecule has 1 spiro atoms.